The molecule has 5 heteroatoms. The van der Waals surface area contributed by atoms with Gasteiger partial charge >= 0.3 is 12.0 Å². The van der Waals surface area contributed by atoms with E-state index in [1.807, 2.05) is 24.3 Å². The molecule has 1 aromatic rings. The molecule has 110 valence electrons. The molecule has 2 amide bonds. The lowest BCUT2D eigenvalue weighted by molar-refractivity contribution is -0.139. The highest BCUT2D eigenvalue weighted by Gasteiger charge is 2.16. The number of aliphatic carboxylic acids is 1. The summed E-state index contributed by atoms with van der Waals surface area (Å²) in [5.74, 6) is -0.551. The zero-order chi connectivity index (χ0) is 15.1. The summed E-state index contributed by atoms with van der Waals surface area (Å²) in [7, 11) is 0. The largest absolute Gasteiger partial charge is 0.480 e. The standard InChI is InChI=1S/C15H22N2O3/c1-4-13(14(18)19)17-15(20)16-9-11-5-7-12(8-6-11)10(2)3/h5-8,10,13H,4,9H2,1-3H3,(H,18,19)(H2,16,17,20)/t13-/m1/s1. The normalized spacial score (nSPS) is 12.0. The Morgan fingerprint density at radius 1 is 1.20 bits per heavy atom. The van der Waals surface area contributed by atoms with Crippen LogP contribution in [0.15, 0.2) is 24.3 Å². The Hall–Kier alpha value is -2.04. The Bertz CT molecular complexity index is 455. The molecule has 0 unspecified atom stereocenters. The molecule has 0 spiro atoms. The molecule has 20 heavy (non-hydrogen) atoms. The SMILES string of the molecule is CC[C@@H](NC(=O)NCc1ccc(C(C)C)cc1)C(=O)O. The molecular formula is C15H22N2O3. The van der Waals surface area contributed by atoms with E-state index in [9.17, 15) is 9.59 Å². The number of carbonyl (C=O) groups excluding carboxylic acids is 1. The van der Waals surface area contributed by atoms with E-state index in [4.69, 9.17) is 5.11 Å². The van der Waals surface area contributed by atoms with Crippen LogP contribution in [0.1, 0.15) is 44.2 Å². The third kappa shape index (κ3) is 4.91. The van der Waals surface area contributed by atoms with E-state index in [1.165, 1.54) is 5.56 Å². The maximum absolute atomic E-state index is 11.6. The first-order valence-electron chi connectivity index (χ1n) is 6.80. The van der Waals surface area contributed by atoms with Crippen molar-refractivity contribution in [1.29, 1.82) is 0 Å². The molecule has 0 saturated carbocycles. The summed E-state index contributed by atoms with van der Waals surface area (Å²) in [4.78, 5) is 22.4. The second-order valence-electron chi connectivity index (χ2n) is 5.02. The van der Waals surface area contributed by atoms with Crippen LogP contribution in [0.3, 0.4) is 0 Å². The summed E-state index contributed by atoms with van der Waals surface area (Å²) >= 11 is 0. The lowest BCUT2D eigenvalue weighted by Crippen LogP contribution is -2.45. The molecule has 0 aliphatic carbocycles. The summed E-state index contributed by atoms with van der Waals surface area (Å²) in [5.41, 5.74) is 2.23. The van der Waals surface area contributed by atoms with Gasteiger partial charge in [-0.25, -0.2) is 9.59 Å². The monoisotopic (exact) mass is 278 g/mol. The van der Waals surface area contributed by atoms with Gasteiger partial charge in [-0.3, -0.25) is 0 Å². The average Bonchev–Trinajstić information content (AvgIpc) is 2.42. The average molecular weight is 278 g/mol. The van der Waals surface area contributed by atoms with Crippen molar-refractivity contribution in [3.8, 4) is 0 Å². The molecular weight excluding hydrogens is 256 g/mol. The van der Waals surface area contributed by atoms with Gasteiger partial charge in [0.25, 0.3) is 0 Å². The number of rotatable bonds is 6. The molecule has 1 aromatic carbocycles. The lowest BCUT2D eigenvalue weighted by atomic mass is 10.0. The number of hydrogen-bond acceptors (Lipinski definition) is 2. The number of amides is 2. The highest BCUT2D eigenvalue weighted by atomic mass is 16.4. The molecule has 0 bridgehead atoms. The minimum atomic E-state index is -1.02. The molecule has 1 atom stereocenters. The summed E-state index contributed by atoms with van der Waals surface area (Å²) in [6.45, 7) is 6.33. The fourth-order valence-corrected chi connectivity index (χ4v) is 1.75. The molecule has 0 radical (unpaired) electrons. The van der Waals surface area contributed by atoms with Gasteiger partial charge in [-0.05, 0) is 23.5 Å². The van der Waals surface area contributed by atoms with Gasteiger partial charge in [-0.2, -0.15) is 0 Å². The molecule has 0 aromatic heterocycles. The summed E-state index contributed by atoms with van der Waals surface area (Å²) in [5, 5.41) is 13.9. The molecule has 0 saturated heterocycles. The van der Waals surface area contributed by atoms with Crippen molar-refractivity contribution in [3.05, 3.63) is 35.4 Å². The minimum Gasteiger partial charge on any atom is -0.480 e. The van der Waals surface area contributed by atoms with Crippen LogP contribution in [0.25, 0.3) is 0 Å². The molecule has 0 fully saturated rings. The Labute approximate surface area is 119 Å². The van der Waals surface area contributed by atoms with Crippen LogP contribution in [0.5, 0.6) is 0 Å². The van der Waals surface area contributed by atoms with Crippen LogP contribution in [0, 0.1) is 0 Å². The highest BCUT2D eigenvalue weighted by Crippen LogP contribution is 2.14. The summed E-state index contributed by atoms with van der Waals surface area (Å²) < 4.78 is 0. The molecule has 0 aliphatic heterocycles. The first kappa shape index (κ1) is 16.0. The van der Waals surface area contributed by atoms with Crippen molar-refractivity contribution in [1.82, 2.24) is 10.6 Å². The van der Waals surface area contributed by atoms with E-state index in [0.29, 0.717) is 18.9 Å². The van der Waals surface area contributed by atoms with Crippen LogP contribution in [0.4, 0.5) is 4.79 Å². The quantitative estimate of drug-likeness (QED) is 0.748. The predicted molar refractivity (Wildman–Crippen MR) is 77.6 cm³/mol. The van der Waals surface area contributed by atoms with E-state index in [1.54, 1.807) is 6.92 Å². The van der Waals surface area contributed by atoms with Gasteiger partial charge in [0.1, 0.15) is 6.04 Å². The zero-order valence-electron chi connectivity index (χ0n) is 12.1. The fourth-order valence-electron chi connectivity index (χ4n) is 1.75. The maximum Gasteiger partial charge on any atom is 0.326 e. The Balaban J connectivity index is 2.46. The first-order valence-corrected chi connectivity index (χ1v) is 6.80. The smallest absolute Gasteiger partial charge is 0.326 e. The second kappa shape index (κ2) is 7.53. The zero-order valence-corrected chi connectivity index (χ0v) is 12.1. The van der Waals surface area contributed by atoms with E-state index < -0.39 is 18.0 Å². The van der Waals surface area contributed by atoms with E-state index in [2.05, 4.69) is 24.5 Å². The van der Waals surface area contributed by atoms with Crippen LogP contribution >= 0.6 is 0 Å². The first-order chi connectivity index (χ1) is 9.43. The molecule has 1 rings (SSSR count). The van der Waals surface area contributed by atoms with Crippen LogP contribution in [-0.4, -0.2) is 23.1 Å². The van der Waals surface area contributed by atoms with Gasteiger partial charge in [-0.1, -0.05) is 45.0 Å². The van der Waals surface area contributed by atoms with E-state index >= 15 is 0 Å². The van der Waals surface area contributed by atoms with E-state index in [-0.39, 0.29) is 0 Å². The molecule has 3 N–H and O–H groups in total. The maximum atomic E-state index is 11.6. The fraction of sp³-hybridized carbons (Fsp3) is 0.467. The van der Waals surface area contributed by atoms with Crippen molar-refractivity contribution in [2.45, 2.75) is 45.7 Å². The van der Waals surface area contributed by atoms with Gasteiger partial charge in [0.15, 0.2) is 0 Å². The summed E-state index contributed by atoms with van der Waals surface area (Å²) in [6.07, 6.45) is 0.353. The third-order valence-corrected chi connectivity index (χ3v) is 3.11. The van der Waals surface area contributed by atoms with Crippen molar-refractivity contribution >= 4 is 12.0 Å². The predicted octanol–water partition coefficient (Wildman–Crippen LogP) is 2.47. The number of urea groups is 1. The van der Waals surface area contributed by atoms with E-state index in [0.717, 1.165) is 5.56 Å². The number of carbonyl (C=O) groups is 2. The Kier molecular flexibility index (Phi) is 6.03. The molecule has 0 heterocycles. The van der Waals surface area contributed by atoms with Gasteiger partial charge in [-0.15, -0.1) is 0 Å². The minimum absolute atomic E-state index is 0.353. The lowest BCUT2D eigenvalue weighted by Gasteiger charge is -2.13. The van der Waals surface area contributed by atoms with Crippen molar-refractivity contribution in [2.75, 3.05) is 0 Å². The number of nitrogens with one attached hydrogen (secondary N) is 2. The van der Waals surface area contributed by atoms with Gasteiger partial charge < -0.3 is 15.7 Å². The number of carboxylic acid groups (broad SMARTS) is 1. The third-order valence-electron chi connectivity index (χ3n) is 3.11. The van der Waals surface area contributed by atoms with Crippen molar-refractivity contribution in [2.24, 2.45) is 0 Å². The Morgan fingerprint density at radius 2 is 1.80 bits per heavy atom. The van der Waals surface area contributed by atoms with Crippen LogP contribution < -0.4 is 10.6 Å². The van der Waals surface area contributed by atoms with Gasteiger partial charge in [0.2, 0.25) is 0 Å². The summed E-state index contributed by atoms with van der Waals surface area (Å²) in [6, 6.07) is 6.68. The van der Waals surface area contributed by atoms with Gasteiger partial charge in [0, 0.05) is 6.54 Å². The number of benzene rings is 1. The van der Waals surface area contributed by atoms with Crippen molar-refractivity contribution in [3.63, 3.8) is 0 Å². The molecule has 0 aliphatic rings. The van der Waals surface area contributed by atoms with Crippen LogP contribution in [0.2, 0.25) is 0 Å². The molecule has 5 nitrogen and oxygen atoms in total. The highest BCUT2D eigenvalue weighted by molar-refractivity contribution is 5.82. The number of hydrogen-bond donors (Lipinski definition) is 3. The van der Waals surface area contributed by atoms with Crippen molar-refractivity contribution < 1.29 is 14.7 Å². The Morgan fingerprint density at radius 3 is 2.25 bits per heavy atom. The van der Waals surface area contributed by atoms with Crippen LogP contribution in [-0.2, 0) is 11.3 Å². The second-order valence-corrected chi connectivity index (χ2v) is 5.02. The number of carboxylic acids is 1. The van der Waals surface area contributed by atoms with Gasteiger partial charge in [0.05, 0.1) is 0 Å². The topological polar surface area (TPSA) is 78.4 Å².